The third-order valence-electron chi connectivity index (χ3n) is 3.66. The number of phosphoric acid groups is 1. The van der Waals surface area contributed by atoms with E-state index in [1.807, 2.05) is 0 Å². The zero-order valence-corrected chi connectivity index (χ0v) is 15.6. The van der Waals surface area contributed by atoms with Crippen LogP contribution < -0.4 is 9.84 Å². The van der Waals surface area contributed by atoms with Crippen LogP contribution >= 0.6 is 7.82 Å². The summed E-state index contributed by atoms with van der Waals surface area (Å²) in [5, 5.41) is 2.54. The number of methoxy groups -OCH3 is 1. The summed E-state index contributed by atoms with van der Waals surface area (Å²) in [7, 11) is -2.82. The van der Waals surface area contributed by atoms with Crippen LogP contribution in [0.5, 0.6) is 5.75 Å². The van der Waals surface area contributed by atoms with E-state index >= 15 is 0 Å². The molecule has 0 aromatic heterocycles. The zero-order chi connectivity index (χ0) is 19.4. The molecule has 0 radical (unpaired) electrons. The molecule has 1 aromatic carbocycles. The van der Waals surface area contributed by atoms with Crippen molar-refractivity contribution >= 4 is 19.7 Å². The Morgan fingerprint density at radius 3 is 2.62 bits per heavy atom. The number of hydrogen-bond donors (Lipinski definition) is 1. The molecule has 10 heteroatoms. The molecule has 1 N–H and O–H groups in total. The quantitative estimate of drug-likeness (QED) is 0.589. The SMILES string of the molecule is COC(=O)CCNC(=O)[C@@H]1OP(=O)(Oc2ccc(F)cc2)OCC1(C)C. The molecule has 1 unspecified atom stereocenters. The maximum atomic E-state index is 13.0. The number of phosphoric ester groups is 1. The van der Waals surface area contributed by atoms with Crippen molar-refractivity contribution in [2.24, 2.45) is 5.41 Å². The van der Waals surface area contributed by atoms with Crippen LogP contribution in [-0.4, -0.2) is 38.2 Å². The van der Waals surface area contributed by atoms with E-state index in [2.05, 4.69) is 10.1 Å². The normalized spacial score (nSPS) is 24.5. The predicted molar refractivity (Wildman–Crippen MR) is 88.9 cm³/mol. The van der Waals surface area contributed by atoms with Crippen molar-refractivity contribution in [1.29, 1.82) is 0 Å². The van der Waals surface area contributed by atoms with Crippen LogP contribution in [0.15, 0.2) is 24.3 Å². The van der Waals surface area contributed by atoms with Crippen molar-refractivity contribution in [3.8, 4) is 5.75 Å². The number of nitrogens with one attached hydrogen (secondary N) is 1. The minimum absolute atomic E-state index is 0.00434. The lowest BCUT2D eigenvalue weighted by Crippen LogP contribution is -2.50. The summed E-state index contributed by atoms with van der Waals surface area (Å²) in [5.74, 6) is -1.42. The van der Waals surface area contributed by atoms with Crippen molar-refractivity contribution in [2.45, 2.75) is 26.4 Å². The highest BCUT2D eigenvalue weighted by molar-refractivity contribution is 7.49. The van der Waals surface area contributed by atoms with Gasteiger partial charge in [0.2, 0.25) is 0 Å². The first-order chi connectivity index (χ1) is 12.1. The number of carbonyl (C=O) groups excluding carboxylic acids is 2. The van der Waals surface area contributed by atoms with Crippen molar-refractivity contribution in [3.05, 3.63) is 30.1 Å². The molecule has 1 saturated heterocycles. The van der Waals surface area contributed by atoms with Gasteiger partial charge in [0.25, 0.3) is 5.91 Å². The largest absolute Gasteiger partial charge is 0.530 e. The molecule has 0 spiro atoms. The second kappa shape index (κ2) is 8.16. The second-order valence-corrected chi connectivity index (χ2v) is 7.90. The van der Waals surface area contributed by atoms with Crippen LogP contribution in [0.3, 0.4) is 0 Å². The Morgan fingerprint density at radius 1 is 1.35 bits per heavy atom. The Morgan fingerprint density at radius 2 is 2.00 bits per heavy atom. The summed E-state index contributed by atoms with van der Waals surface area (Å²) in [4.78, 5) is 23.5. The molecule has 0 saturated carbocycles. The van der Waals surface area contributed by atoms with Crippen LogP contribution in [0.4, 0.5) is 4.39 Å². The third kappa shape index (κ3) is 5.27. The van der Waals surface area contributed by atoms with Crippen LogP contribution in [0.2, 0.25) is 0 Å². The molecular formula is C16H21FNO7P. The molecule has 1 aromatic rings. The average Bonchev–Trinajstić information content (AvgIpc) is 2.59. The van der Waals surface area contributed by atoms with Gasteiger partial charge < -0.3 is 14.6 Å². The molecule has 0 aliphatic carbocycles. The third-order valence-corrected chi connectivity index (χ3v) is 5.01. The first kappa shape index (κ1) is 20.4. The maximum absolute atomic E-state index is 13.0. The molecule has 1 amide bonds. The lowest BCUT2D eigenvalue weighted by Gasteiger charge is -2.39. The minimum Gasteiger partial charge on any atom is -0.469 e. The Kier molecular flexibility index (Phi) is 6.39. The van der Waals surface area contributed by atoms with Gasteiger partial charge in [-0.15, -0.1) is 0 Å². The van der Waals surface area contributed by atoms with Crippen molar-refractivity contribution < 1.29 is 36.9 Å². The van der Waals surface area contributed by atoms with Gasteiger partial charge in [-0.3, -0.25) is 18.6 Å². The van der Waals surface area contributed by atoms with Crippen molar-refractivity contribution in [1.82, 2.24) is 5.32 Å². The fraction of sp³-hybridized carbons (Fsp3) is 0.500. The Balaban J connectivity index is 2.04. The Bertz CT molecular complexity index is 707. The fourth-order valence-electron chi connectivity index (χ4n) is 2.18. The smallest absolute Gasteiger partial charge is 0.469 e. The van der Waals surface area contributed by atoms with E-state index in [0.29, 0.717) is 0 Å². The van der Waals surface area contributed by atoms with E-state index in [4.69, 9.17) is 13.6 Å². The number of ether oxygens (including phenoxy) is 1. The second-order valence-electron chi connectivity index (χ2n) is 6.36. The first-order valence-corrected chi connectivity index (χ1v) is 9.34. The van der Waals surface area contributed by atoms with Gasteiger partial charge in [0.15, 0.2) is 6.10 Å². The van der Waals surface area contributed by atoms with Crippen LogP contribution in [-0.2, 0) is 27.9 Å². The van der Waals surface area contributed by atoms with Crippen molar-refractivity contribution in [3.63, 3.8) is 0 Å². The van der Waals surface area contributed by atoms with Gasteiger partial charge in [-0.05, 0) is 24.3 Å². The lowest BCUT2D eigenvalue weighted by atomic mass is 9.87. The average molecular weight is 389 g/mol. The van der Waals surface area contributed by atoms with Gasteiger partial charge in [0, 0.05) is 12.0 Å². The van der Waals surface area contributed by atoms with E-state index in [1.54, 1.807) is 13.8 Å². The summed E-state index contributed by atoms with van der Waals surface area (Å²) in [5.41, 5.74) is -0.782. The minimum atomic E-state index is -4.07. The van der Waals surface area contributed by atoms with Crippen LogP contribution in [0, 0.1) is 11.2 Å². The molecule has 1 heterocycles. The number of amides is 1. The zero-order valence-electron chi connectivity index (χ0n) is 14.7. The Labute approximate surface area is 150 Å². The van der Waals surface area contributed by atoms with E-state index in [0.717, 1.165) is 12.1 Å². The van der Waals surface area contributed by atoms with E-state index in [9.17, 15) is 18.5 Å². The molecule has 8 nitrogen and oxygen atoms in total. The highest BCUT2D eigenvalue weighted by atomic mass is 31.2. The molecule has 1 aliphatic rings. The van der Waals surface area contributed by atoms with Gasteiger partial charge in [-0.1, -0.05) is 13.8 Å². The molecule has 2 atom stereocenters. The van der Waals surface area contributed by atoms with Gasteiger partial charge in [-0.2, -0.15) is 0 Å². The van der Waals surface area contributed by atoms with Crippen LogP contribution in [0.1, 0.15) is 20.3 Å². The topological polar surface area (TPSA) is 100 Å². The van der Waals surface area contributed by atoms with E-state index in [-0.39, 0.29) is 25.3 Å². The highest BCUT2D eigenvalue weighted by Crippen LogP contribution is 2.56. The number of carbonyl (C=O) groups is 2. The molecule has 1 aliphatic heterocycles. The number of benzene rings is 1. The highest BCUT2D eigenvalue weighted by Gasteiger charge is 2.49. The number of halogens is 1. The summed E-state index contributed by atoms with van der Waals surface area (Å²) in [6, 6.07) is 4.80. The number of esters is 1. The van der Waals surface area contributed by atoms with E-state index in [1.165, 1.54) is 19.2 Å². The van der Waals surface area contributed by atoms with Crippen LogP contribution in [0.25, 0.3) is 0 Å². The monoisotopic (exact) mass is 389 g/mol. The Hall–Kier alpha value is -1.96. The summed E-state index contributed by atoms with van der Waals surface area (Å²) in [6.07, 6.45) is -1.13. The van der Waals surface area contributed by atoms with E-state index < -0.39 is 37.0 Å². The lowest BCUT2D eigenvalue weighted by molar-refractivity contribution is -0.142. The molecular weight excluding hydrogens is 368 g/mol. The molecule has 1 fully saturated rings. The van der Waals surface area contributed by atoms with Gasteiger partial charge in [-0.25, -0.2) is 8.96 Å². The van der Waals surface area contributed by atoms with Gasteiger partial charge in [0.05, 0.1) is 20.1 Å². The first-order valence-electron chi connectivity index (χ1n) is 7.88. The summed E-state index contributed by atoms with van der Waals surface area (Å²) in [6.45, 7) is 3.41. The summed E-state index contributed by atoms with van der Waals surface area (Å²) >= 11 is 0. The fourth-order valence-corrected chi connectivity index (χ4v) is 3.85. The maximum Gasteiger partial charge on any atom is 0.530 e. The van der Waals surface area contributed by atoms with Gasteiger partial charge in [0.1, 0.15) is 11.6 Å². The molecule has 2 rings (SSSR count). The molecule has 144 valence electrons. The molecule has 0 bridgehead atoms. The molecule has 26 heavy (non-hydrogen) atoms. The summed E-state index contributed by atoms with van der Waals surface area (Å²) < 4.78 is 46.0. The predicted octanol–water partition coefficient (Wildman–Crippen LogP) is 2.43. The number of hydrogen-bond acceptors (Lipinski definition) is 7. The standard InChI is InChI=1S/C16H21FNO7P/c1-16(2)10-23-26(21,24-12-6-4-11(17)5-7-12)25-14(16)15(20)18-9-8-13(19)22-3/h4-7,14H,8-10H2,1-3H3,(H,18,20)/t14-,26?/m0/s1. The van der Waals surface area contributed by atoms with Crippen molar-refractivity contribution in [2.75, 3.05) is 20.3 Å². The van der Waals surface area contributed by atoms with Gasteiger partial charge >= 0.3 is 13.8 Å². The number of rotatable bonds is 6.